The summed E-state index contributed by atoms with van der Waals surface area (Å²) >= 11 is 0. The molecule has 0 saturated carbocycles. The number of hydrogen-bond donors (Lipinski definition) is 1. The van der Waals surface area contributed by atoms with Crippen LogP contribution in [0.3, 0.4) is 0 Å². The van der Waals surface area contributed by atoms with Crippen molar-refractivity contribution in [2.75, 3.05) is 26.2 Å². The third-order valence-corrected chi connectivity index (χ3v) is 5.05. The van der Waals surface area contributed by atoms with Crippen molar-refractivity contribution in [3.8, 4) is 5.75 Å². The van der Waals surface area contributed by atoms with Gasteiger partial charge in [0.2, 0.25) is 0 Å². The lowest BCUT2D eigenvalue weighted by Crippen LogP contribution is -2.37. The summed E-state index contributed by atoms with van der Waals surface area (Å²) in [5, 5.41) is 6.28. The first-order chi connectivity index (χ1) is 11.8. The van der Waals surface area contributed by atoms with Gasteiger partial charge in [-0.15, -0.1) is 0 Å². The summed E-state index contributed by atoms with van der Waals surface area (Å²) in [7, 11) is 0. The first-order valence-electron chi connectivity index (χ1n) is 9.41. The average Bonchev–Trinajstić information content (AvgIpc) is 3.08. The molecule has 1 fully saturated rings. The van der Waals surface area contributed by atoms with E-state index < -0.39 is 0 Å². The van der Waals surface area contributed by atoms with Crippen molar-refractivity contribution in [3.05, 3.63) is 42.0 Å². The average molecular weight is 326 g/mol. The maximum absolute atomic E-state index is 6.01. The number of likely N-dealkylation sites (tertiary alicyclic amines) is 1. The highest BCUT2D eigenvalue weighted by Gasteiger charge is 2.22. The minimum atomic E-state index is 0.685. The Bertz CT molecular complexity index is 655. The molecule has 3 rings (SSSR count). The van der Waals surface area contributed by atoms with Gasteiger partial charge in [0.15, 0.2) is 0 Å². The molecule has 1 atom stereocenters. The summed E-state index contributed by atoms with van der Waals surface area (Å²) in [5.41, 5.74) is 1.29. The molecule has 0 amide bonds. The first-order valence-corrected chi connectivity index (χ1v) is 9.41. The van der Waals surface area contributed by atoms with Gasteiger partial charge < -0.3 is 10.1 Å². The third kappa shape index (κ3) is 3.90. The molecule has 1 aliphatic heterocycles. The van der Waals surface area contributed by atoms with E-state index in [0.717, 1.165) is 38.4 Å². The largest absolute Gasteiger partial charge is 0.493 e. The SMILES string of the molecule is CCCOc1ccc2ccccc2c1CNCC1CCCN1CC. The van der Waals surface area contributed by atoms with Crippen LogP contribution in [0.1, 0.15) is 38.7 Å². The number of benzene rings is 2. The molecule has 130 valence electrons. The Morgan fingerprint density at radius 2 is 2.04 bits per heavy atom. The molecule has 1 N–H and O–H groups in total. The highest BCUT2D eigenvalue weighted by Crippen LogP contribution is 2.28. The van der Waals surface area contributed by atoms with Gasteiger partial charge in [-0.25, -0.2) is 0 Å². The van der Waals surface area contributed by atoms with Crippen molar-refractivity contribution < 1.29 is 4.74 Å². The second-order valence-corrected chi connectivity index (χ2v) is 6.67. The van der Waals surface area contributed by atoms with Gasteiger partial charge >= 0.3 is 0 Å². The molecule has 3 heteroatoms. The minimum absolute atomic E-state index is 0.685. The summed E-state index contributed by atoms with van der Waals surface area (Å²) in [5.74, 6) is 1.03. The molecule has 1 saturated heterocycles. The van der Waals surface area contributed by atoms with E-state index in [0.29, 0.717) is 6.04 Å². The van der Waals surface area contributed by atoms with Crippen LogP contribution in [0.4, 0.5) is 0 Å². The van der Waals surface area contributed by atoms with E-state index in [1.54, 1.807) is 0 Å². The Labute approximate surface area is 146 Å². The molecular formula is C21H30N2O. The van der Waals surface area contributed by atoms with Crippen LogP contribution in [0.2, 0.25) is 0 Å². The molecule has 2 aromatic carbocycles. The quantitative estimate of drug-likeness (QED) is 0.787. The van der Waals surface area contributed by atoms with Crippen molar-refractivity contribution in [2.24, 2.45) is 0 Å². The van der Waals surface area contributed by atoms with E-state index >= 15 is 0 Å². The molecule has 1 heterocycles. The van der Waals surface area contributed by atoms with Gasteiger partial charge in [-0.1, -0.05) is 44.2 Å². The summed E-state index contributed by atoms with van der Waals surface area (Å²) in [4.78, 5) is 2.59. The minimum Gasteiger partial charge on any atom is -0.493 e. The van der Waals surface area contributed by atoms with E-state index in [2.05, 4.69) is 60.5 Å². The van der Waals surface area contributed by atoms with E-state index in [-0.39, 0.29) is 0 Å². The molecule has 0 bridgehead atoms. The van der Waals surface area contributed by atoms with Gasteiger partial charge in [0, 0.05) is 24.7 Å². The second-order valence-electron chi connectivity index (χ2n) is 6.67. The van der Waals surface area contributed by atoms with Crippen molar-refractivity contribution in [2.45, 2.75) is 45.7 Å². The number of nitrogens with zero attached hydrogens (tertiary/aromatic N) is 1. The number of rotatable bonds is 8. The first kappa shape index (κ1) is 17.2. The van der Waals surface area contributed by atoms with Crippen LogP contribution in [0.25, 0.3) is 10.8 Å². The monoisotopic (exact) mass is 326 g/mol. The van der Waals surface area contributed by atoms with Crippen LogP contribution in [0.15, 0.2) is 36.4 Å². The third-order valence-electron chi connectivity index (χ3n) is 5.05. The Kier molecular flexibility index (Phi) is 6.11. The zero-order valence-electron chi connectivity index (χ0n) is 15.1. The van der Waals surface area contributed by atoms with Crippen molar-refractivity contribution in [1.29, 1.82) is 0 Å². The molecule has 0 aliphatic carbocycles. The van der Waals surface area contributed by atoms with Crippen LogP contribution >= 0.6 is 0 Å². The highest BCUT2D eigenvalue weighted by atomic mass is 16.5. The number of hydrogen-bond acceptors (Lipinski definition) is 3. The predicted octanol–water partition coefficient (Wildman–Crippen LogP) is 4.20. The van der Waals surface area contributed by atoms with Crippen LogP contribution in [0.5, 0.6) is 5.75 Å². The fourth-order valence-corrected chi connectivity index (χ4v) is 3.75. The van der Waals surface area contributed by atoms with E-state index in [4.69, 9.17) is 4.74 Å². The molecule has 0 radical (unpaired) electrons. The Balaban J connectivity index is 1.73. The van der Waals surface area contributed by atoms with E-state index in [9.17, 15) is 0 Å². The number of fused-ring (bicyclic) bond motifs is 1. The Morgan fingerprint density at radius 1 is 1.17 bits per heavy atom. The number of likely N-dealkylation sites (N-methyl/N-ethyl adjacent to an activating group) is 1. The van der Waals surface area contributed by atoms with Crippen molar-refractivity contribution in [3.63, 3.8) is 0 Å². The maximum Gasteiger partial charge on any atom is 0.124 e. The van der Waals surface area contributed by atoms with Gasteiger partial charge in [-0.2, -0.15) is 0 Å². The smallest absolute Gasteiger partial charge is 0.124 e. The van der Waals surface area contributed by atoms with Crippen molar-refractivity contribution >= 4 is 10.8 Å². The van der Waals surface area contributed by atoms with E-state index in [1.165, 1.54) is 35.7 Å². The summed E-state index contributed by atoms with van der Waals surface area (Å²) in [6.45, 7) is 9.53. The molecule has 24 heavy (non-hydrogen) atoms. The number of nitrogens with one attached hydrogen (secondary N) is 1. The second kappa shape index (κ2) is 8.50. The van der Waals surface area contributed by atoms with Crippen LogP contribution in [0, 0.1) is 0 Å². The lowest BCUT2D eigenvalue weighted by molar-refractivity contribution is 0.259. The van der Waals surface area contributed by atoms with Crippen molar-refractivity contribution in [1.82, 2.24) is 10.2 Å². The highest BCUT2D eigenvalue weighted by molar-refractivity contribution is 5.87. The number of ether oxygens (including phenoxy) is 1. The zero-order chi connectivity index (χ0) is 16.8. The summed E-state index contributed by atoms with van der Waals surface area (Å²) in [6.07, 6.45) is 3.68. The molecule has 1 aliphatic rings. The molecule has 3 nitrogen and oxygen atoms in total. The molecule has 0 spiro atoms. The van der Waals surface area contributed by atoms with Gasteiger partial charge in [0.1, 0.15) is 5.75 Å². The van der Waals surface area contributed by atoms with Gasteiger partial charge in [-0.05, 0) is 49.2 Å². The molecular weight excluding hydrogens is 296 g/mol. The lowest BCUT2D eigenvalue weighted by atomic mass is 10.0. The van der Waals surface area contributed by atoms with Crippen LogP contribution in [-0.4, -0.2) is 37.2 Å². The zero-order valence-corrected chi connectivity index (χ0v) is 15.1. The maximum atomic E-state index is 6.01. The standard InChI is InChI=1S/C21H30N2O/c1-3-14-24-21-12-11-17-8-5-6-10-19(17)20(21)16-22-15-18-9-7-13-23(18)4-2/h5-6,8,10-12,18,22H,3-4,7,9,13-16H2,1-2H3. The van der Waals surface area contributed by atoms with Crippen LogP contribution < -0.4 is 10.1 Å². The Morgan fingerprint density at radius 3 is 2.88 bits per heavy atom. The van der Waals surface area contributed by atoms with E-state index in [1.807, 2.05) is 0 Å². The summed E-state index contributed by atoms with van der Waals surface area (Å²) < 4.78 is 6.01. The molecule has 1 unspecified atom stereocenters. The fourth-order valence-electron chi connectivity index (χ4n) is 3.75. The molecule has 0 aromatic heterocycles. The van der Waals surface area contributed by atoms with Gasteiger partial charge in [-0.3, -0.25) is 4.90 Å². The topological polar surface area (TPSA) is 24.5 Å². The predicted molar refractivity (Wildman–Crippen MR) is 102 cm³/mol. The van der Waals surface area contributed by atoms with Crippen LogP contribution in [-0.2, 0) is 6.54 Å². The normalized spacial score (nSPS) is 18.3. The van der Waals surface area contributed by atoms with Gasteiger partial charge in [0.05, 0.1) is 6.61 Å². The summed E-state index contributed by atoms with van der Waals surface area (Å²) in [6, 6.07) is 13.6. The Hall–Kier alpha value is -1.58. The fraction of sp³-hybridized carbons (Fsp3) is 0.524. The molecule has 2 aromatic rings. The lowest BCUT2D eigenvalue weighted by Gasteiger charge is -2.23. The van der Waals surface area contributed by atoms with Gasteiger partial charge in [0.25, 0.3) is 0 Å².